The molecule has 0 saturated carbocycles. The first-order valence-corrected chi connectivity index (χ1v) is 12.1. The topological polar surface area (TPSA) is 97.9 Å². The maximum Gasteiger partial charge on any atom is 0.323 e. The van der Waals surface area contributed by atoms with E-state index in [1.165, 1.54) is 35.0 Å². The average Bonchev–Trinajstić information content (AvgIpc) is 2.74. The van der Waals surface area contributed by atoms with Crippen LogP contribution in [-0.4, -0.2) is 72.2 Å². The number of nitrogens with one attached hydrogen (secondary N) is 2. The van der Waals surface area contributed by atoms with Crippen LogP contribution < -0.4 is 10.6 Å². The molecule has 2 aromatic rings. The van der Waals surface area contributed by atoms with Crippen molar-refractivity contribution in [3.05, 3.63) is 53.6 Å². The van der Waals surface area contributed by atoms with Gasteiger partial charge in [0.2, 0.25) is 0 Å². The van der Waals surface area contributed by atoms with E-state index >= 15 is 4.39 Å². The van der Waals surface area contributed by atoms with Crippen molar-refractivity contribution in [3.63, 3.8) is 0 Å². The van der Waals surface area contributed by atoms with Gasteiger partial charge in [-0.3, -0.25) is 9.88 Å². The Labute approximate surface area is 194 Å². The lowest BCUT2D eigenvalue weighted by Gasteiger charge is -2.44. The van der Waals surface area contributed by atoms with E-state index in [1.54, 1.807) is 24.3 Å². The lowest BCUT2D eigenvalue weighted by molar-refractivity contribution is 0.0668. The maximum atomic E-state index is 15.2. The molecule has 1 aliphatic heterocycles. The third kappa shape index (κ3) is 5.85. The summed E-state index contributed by atoms with van der Waals surface area (Å²) in [6, 6.07) is 7.54. The molecule has 2 heterocycles. The number of benzene rings is 1. The van der Waals surface area contributed by atoms with Crippen molar-refractivity contribution >= 4 is 27.6 Å². The smallest absolute Gasteiger partial charge is 0.306 e. The number of nitrogens with zero attached hydrogens (tertiary/aromatic N) is 4. The molecule has 0 spiro atoms. The van der Waals surface area contributed by atoms with E-state index in [9.17, 15) is 13.2 Å². The molecule has 1 aromatic carbocycles. The van der Waals surface area contributed by atoms with Crippen molar-refractivity contribution in [2.45, 2.75) is 39.4 Å². The quantitative estimate of drug-likeness (QED) is 0.665. The predicted molar refractivity (Wildman–Crippen MR) is 127 cm³/mol. The van der Waals surface area contributed by atoms with Gasteiger partial charge in [-0.15, -0.1) is 0 Å². The molecule has 33 heavy (non-hydrogen) atoms. The summed E-state index contributed by atoms with van der Waals surface area (Å²) in [7, 11) is -0.491. The molecule has 1 aliphatic rings. The minimum absolute atomic E-state index is 0.0687. The van der Waals surface area contributed by atoms with Crippen molar-refractivity contribution < 1.29 is 17.6 Å². The zero-order valence-electron chi connectivity index (χ0n) is 19.5. The summed E-state index contributed by atoms with van der Waals surface area (Å²) in [6.45, 7) is 6.62. The highest BCUT2D eigenvalue weighted by molar-refractivity contribution is 7.86. The minimum Gasteiger partial charge on any atom is -0.306 e. The lowest BCUT2D eigenvalue weighted by atomic mass is 10.1. The van der Waals surface area contributed by atoms with Crippen molar-refractivity contribution in [3.8, 4) is 0 Å². The second kappa shape index (κ2) is 10.1. The molecule has 2 amide bonds. The Morgan fingerprint density at radius 3 is 2.39 bits per heavy atom. The van der Waals surface area contributed by atoms with Gasteiger partial charge in [0, 0.05) is 57.1 Å². The number of pyridine rings is 1. The molecule has 1 fully saturated rings. The molecule has 0 unspecified atom stereocenters. The predicted octanol–water partition coefficient (Wildman–Crippen LogP) is 2.87. The summed E-state index contributed by atoms with van der Waals surface area (Å²) in [5.41, 5.74) is 1.82. The van der Waals surface area contributed by atoms with Gasteiger partial charge in [-0.2, -0.15) is 17.0 Å². The van der Waals surface area contributed by atoms with Crippen LogP contribution in [0.5, 0.6) is 0 Å². The summed E-state index contributed by atoms with van der Waals surface area (Å²) in [6.07, 6.45) is 1.53. The first-order chi connectivity index (χ1) is 15.5. The Morgan fingerprint density at radius 1 is 1.15 bits per heavy atom. The van der Waals surface area contributed by atoms with Gasteiger partial charge in [0.1, 0.15) is 0 Å². The normalized spacial score (nSPS) is 20.1. The highest BCUT2D eigenvalue weighted by Crippen LogP contribution is 2.25. The number of urea groups is 1. The van der Waals surface area contributed by atoms with Crippen molar-refractivity contribution in [1.29, 1.82) is 0 Å². The third-order valence-corrected chi connectivity index (χ3v) is 7.58. The van der Waals surface area contributed by atoms with Crippen LogP contribution in [0.15, 0.2) is 36.5 Å². The van der Waals surface area contributed by atoms with E-state index < -0.39 is 22.1 Å². The van der Waals surface area contributed by atoms with Crippen molar-refractivity contribution in [1.82, 2.24) is 18.5 Å². The molecule has 180 valence electrons. The maximum absolute atomic E-state index is 15.2. The second-order valence-corrected chi connectivity index (χ2v) is 10.7. The molecule has 9 nitrogen and oxygen atoms in total. The minimum atomic E-state index is -3.51. The molecule has 0 aliphatic carbocycles. The first kappa shape index (κ1) is 25.0. The second-order valence-electron chi connectivity index (χ2n) is 8.52. The van der Waals surface area contributed by atoms with Gasteiger partial charge in [-0.25, -0.2) is 9.18 Å². The molecule has 2 atom stereocenters. The van der Waals surface area contributed by atoms with Gasteiger partial charge >= 0.3 is 6.03 Å². The number of rotatable bonds is 6. The van der Waals surface area contributed by atoms with E-state index in [4.69, 9.17) is 0 Å². The largest absolute Gasteiger partial charge is 0.323 e. The van der Waals surface area contributed by atoms with E-state index in [1.807, 2.05) is 20.8 Å². The van der Waals surface area contributed by atoms with Crippen LogP contribution in [0.4, 0.5) is 20.6 Å². The number of halogens is 1. The number of amides is 2. The highest BCUT2D eigenvalue weighted by atomic mass is 32.2. The summed E-state index contributed by atoms with van der Waals surface area (Å²) in [5, 5.41) is 5.18. The Kier molecular flexibility index (Phi) is 7.68. The molecular formula is C22H31FN6O3S. The van der Waals surface area contributed by atoms with E-state index in [-0.39, 0.29) is 17.8 Å². The van der Waals surface area contributed by atoms with Crippen LogP contribution in [0.2, 0.25) is 0 Å². The number of aromatic nitrogens is 1. The fourth-order valence-electron chi connectivity index (χ4n) is 3.86. The van der Waals surface area contributed by atoms with Gasteiger partial charge in [-0.05, 0) is 39.0 Å². The summed E-state index contributed by atoms with van der Waals surface area (Å²) < 4.78 is 42.9. The van der Waals surface area contributed by atoms with Crippen LogP contribution in [-0.2, 0) is 16.8 Å². The Balaban J connectivity index is 1.69. The number of hydrogen-bond acceptors (Lipinski definition) is 5. The monoisotopic (exact) mass is 478 g/mol. The standard InChI is InChI=1S/C22H31FN6O3S/c1-15-9-10-19(11-24-15)25-22(30)26-20-8-6-7-18(21(20)23)14-29-16(2)12-28(13-17(29)3)33(31,32)27(4)5/h6-11,16-17H,12-14H2,1-5H3,(H2,25,26,30)/t16-,17+. The molecule has 0 bridgehead atoms. The van der Waals surface area contributed by atoms with Crippen LogP contribution in [0, 0.1) is 12.7 Å². The molecule has 11 heteroatoms. The number of carbonyl (C=O) groups excluding carboxylic acids is 1. The fourth-order valence-corrected chi connectivity index (χ4v) is 5.13. The van der Waals surface area contributed by atoms with Crippen LogP contribution in [0.3, 0.4) is 0 Å². The number of piperazine rings is 1. The van der Waals surface area contributed by atoms with Gasteiger partial charge < -0.3 is 10.6 Å². The molecule has 3 rings (SSSR count). The zero-order chi connectivity index (χ0) is 24.3. The van der Waals surface area contributed by atoms with Crippen molar-refractivity contribution in [2.24, 2.45) is 0 Å². The molecule has 0 radical (unpaired) electrons. The van der Waals surface area contributed by atoms with Gasteiger partial charge in [0.15, 0.2) is 5.82 Å². The van der Waals surface area contributed by atoms with Gasteiger partial charge in [0.25, 0.3) is 10.2 Å². The summed E-state index contributed by atoms with van der Waals surface area (Å²) in [5.74, 6) is -0.516. The van der Waals surface area contributed by atoms with Crippen LogP contribution in [0.1, 0.15) is 25.1 Å². The lowest BCUT2D eigenvalue weighted by Crippen LogP contribution is -2.59. The molecule has 1 aromatic heterocycles. The fraction of sp³-hybridized carbons (Fsp3) is 0.455. The highest BCUT2D eigenvalue weighted by Gasteiger charge is 2.36. The SMILES string of the molecule is Cc1ccc(NC(=O)Nc2cccc(CN3[C@H](C)CN(S(=O)(=O)N(C)C)C[C@@H]3C)c2F)cn1. The first-order valence-electron chi connectivity index (χ1n) is 10.7. The number of hydrogen-bond donors (Lipinski definition) is 2. The van der Waals surface area contributed by atoms with Crippen LogP contribution >= 0.6 is 0 Å². The molecule has 2 N–H and O–H groups in total. The van der Waals surface area contributed by atoms with Crippen molar-refractivity contribution in [2.75, 3.05) is 37.8 Å². The van der Waals surface area contributed by atoms with E-state index in [0.29, 0.717) is 30.9 Å². The van der Waals surface area contributed by atoms with Gasteiger partial charge in [-0.1, -0.05) is 12.1 Å². The Morgan fingerprint density at radius 2 is 1.82 bits per heavy atom. The summed E-state index contributed by atoms with van der Waals surface area (Å²) >= 11 is 0. The number of anilines is 2. The number of aryl methyl sites for hydroxylation is 1. The molecular weight excluding hydrogens is 447 g/mol. The van der Waals surface area contributed by atoms with E-state index in [0.717, 1.165) is 5.69 Å². The Bertz CT molecular complexity index is 1080. The number of carbonyl (C=O) groups is 1. The Hall–Kier alpha value is -2.60. The summed E-state index contributed by atoms with van der Waals surface area (Å²) in [4.78, 5) is 18.5. The van der Waals surface area contributed by atoms with Gasteiger partial charge in [0.05, 0.1) is 17.6 Å². The zero-order valence-corrected chi connectivity index (χ0v) is 20.4. The molecule has 1 saturated heterocycles. The van der Waals surface area contributed by atoms with Crippen LogP contribution in [0.25, 0.3) is 0 Å². The average molecular weight is 479 g/mol. The third-order valence-electron chi connectivity index (χ3n) is 5.70. The van der Waals surface area contributed by atoms with E-state index in [2.05, 4.69) is 20.5 Å².